The number of nitrogens with one attached hydrogen (secondary N) is 4. The summed E-state index contributed by atoms with van der Waals surface area (Å²) in [6, 6.07) is 4.31. The Morgan fingerprint density at radius 1 is 1.08 bits per heavy atom. The number of halogens is 3. The number of ether oxygens (including phenoxy) is 4. The van der Waals surface area contributed by atoms with Crippen molar-refractivity contribution in [2.75, 3.05) is 20.8 Å². The summed E-state index contributed by atoms with van der Waals surface area (Å²) in [5.41, 5.74) is 0.292. The third-order valence-electron chi connectivity index (χ3n) is 12.4. The van der Waals surface area contributed by atoms with Gasteiger partial charge in [-0.25, -0.2) is 18.6 Å². The lowest BCUT2D eigenvalue weighted by Gasteiger charge is -2.34. The van der Waals surface area contributed by atoms with Crippen molar-refractivity contribution >= 4 is 44.6 Å². The third-order valence-corrected chi connectivity index (χ3v) is 14.6. The van der Waals surface area contributed by atoms with Gasteiger partial charge in [0.1, 0.15) is 29.5 Å². The van der Waals surface area contributed by atoms with Crippen molar-refractivity contribution < 1.29 is 59.7 Å². The molecular weight excluding hydrogens is 826 g/mol. The first-order valence-electron chi connectivity index (χ1n) is 20.4. The average Bonchev–Trinajstić information content (AvgIpc) is 4.07. The minimum atomic E-state index is -4.89. The highest BCUT2D eigenvalue weighted by Crippen LogP contribution is 2.48. The van der Waals surface area contributed by atoms with Crippen molar-refractivity contribution in [3.8, 4) is 17.5 Å². The number of carbonyl (C=O) groups excluding carboxylic acids is 4. The Bertz CT molecular complexity index is 2160. The fourth-order valence-electron chi connectivity index (χ4n) is 7.93. The van der Waals surface area contributed by atoms with Crippen LogP contribution in [0.2, 0.25) is 0 Å². The van der Waals surface area contributed by atoms with Gasteiger partial charge in [0.15, 0.2) is 0 Å². The Kier molecular flexibility index (Phi) is 12.8. The second-order valence-electron chi connectivity index (χ2n) is 17.4. The smallest absolute Gasteiger partial charge is 0.427 e. The zero-order valence-electron chi connectivity index (χ0n) is 35.3. The lowest BCUT2D eigenvalue weighted by Crippen LogP contribution is -2.61. The van der Waals surface area contributed by atoms with E-state index in [1.165, 1.54) is 19.1 Å². The maximum absolute atomic E-state index is 15.0. The highest BCUT2D eigenvalue weighted by molar-refractivity contribution is 7.91. The second kappa shape index (κ2) is 17.1. The van der Waals surface area contributed by atoms with E-state index < -0.39 is 85.9 Å². The number of amides is 4. The zero-order chi connectivity index (χ0) is 44.7. The fourth-order valence-corrected chi connectivity index (χ4v) is 9.24. The highest BCUT2D eigenvalue weighted by atomic mass is 32.2. The van der Waals surface area contributed by atoms with Crippen molar-refractivity contribution in [1.82, 2.24) is 30.8 Å². The molecule has 2 aliphatic carbocycles. The normalized spacial score (nSPS) is 28.5. The van der Waals surface area contributed by atoms with Gasteiger partial charge in [0.2, 0.25) is 39.2 Å². The molecule has 0 unspecified atom stereocenters. The SMILES string of the molecule is CC[C@@H]1C[C@H](C)CC/C=C\[C@@H]2C[C@@]2(C(=O)NS(=O)(=O)C2(C)CC2)NC(=O)[C@@H]2C[C@@H](Oc3nc(OC)cc4cc(OC)ccc34)CN2C(=O)[C@H]1NNC(=O)OC(C)(C)C(F)(F)F. The number of alkyl halides is 3. The van der Waals surface area contributed by atoms with E-state index in [0.29, 0.717) is 68.9 Å². The van der Waals surface area contributed by atoms with Gasteiger partial charge in [-0.3, -0.25) is 24.5 Å². The largest absolute Gasteiger partial charge is 0.497 e. The lowest BCUT2D eigenvalue weighted by molar-refractivity contribution is -0.244. The summed E-state index contributed by atoms with van der Waals surface area (Å²) in [5.74, 6) is -2.48. The van der Waals surface area contributed by atoms with Gasteiger partial charge in [-0.15, -0.1) is 0 Å². The van der Waals surface area contributed by atoms with Crippen molar-refractivity contribution in [1.29, 1.82) is 0 Å². The second-order valence-corrected chi connectivity index (χ2v) is 19.6. The summed E-state index contributed by atoms with van der Waals surface area (Å²) in [7, 11) is -1.13. The van der Waals surface area contributed by atoms with E-state index in [2.05, 4.69) is 25.9 Å². The van der Waals surface area contributed by atoms with Crippen LogP contribution in [0.25, 0.3) is 10.8 Å². The van der Waals surface area contributed by atoms with Crippen LogP contribution in [0, 0.1) is 17.8 Å². The number of benzene rings is 1. The number of aromatic nitrogens is 1. The van der Waals surface area contributed by atoms with Gasteiger partial charge in [0.25, 0.3) is 5.91 Å². The van der Waals surface area contributed by atoms with Crippen LogP contribution in [-0.2, 0) is 29.1 Å². The first kappa shape index (κ1) is 45.7. The van der Waals surface area contributed by atoms with Gasteiger partial charge in [-0.2, -0.15) is 18.2 Å². The van der Waals surface area contributed by atoms with Crippen molar-refractivity contribution in [3.63, 3.8) is 0 Å². The quantitative estimate of drug-likeness (QED) is 0.177. The average molecular weight is 881 g/mol. The molecule has 4 N–H and O–H groups in total. The molecule has 2 saturated carbocycles. The first-order valence-corrected chi connectivity index (χ1v) is 21.9. The molecule has 0 bridgehead atoms. The van der Waals surface area contributed by atoms with E-state index in [0.717, 1.165) is 0 Å². The molecule has 336 valence electrons. The fraction of sp³-hybridized carbons (Fsp3) is 0.634. The molecule has 2 aromatic rings. The van der Waals surface area contributed by atoms with Crippen LogP contribution in [-0.4, -0.2) is 103 Å². The molecule has 1 aromatic heterocycles. The molecule has 3 fully saturated rings. The molecule has 3 heterocycles. The van der Waals surface area contributed by atoms with Crippen LogP contribution >= 0.6 is 0 Å². The van der Waals surface area contributed by atoms with Crippen LogP contribution in [0.1, 0.15) is 86.0 Å². The molecule has 1 aromatic carbocycles. The van der Waals surface area contributed by atoms with Gasteiger partial charge in [-0.1, -0.05) is 32.4 Å². The standard InChI is InChI=1S/C41H55F3N6O10S/c1-8-24-17-23(2)11-9-10-12-26-21-40(26,36(53)49-61(55,56)39(5)15-16-39)46-33(51)30-20-28(59-34-29-14-13-27(57-6)18-25(29)19-31(45-34)58-7)22-50(30)35(52)32(24)47-48-37(54)60-38(3,4)41(42,43)44/h10,12-14,18-19,23-24,26,28,30,32,47H,8-9,11,15-17,20-22H2,1-7H3,(H,46,51)(H,48,54)(H,49,53)/b12-10-/t23-,24-,26-,28-,30+,32+,40-/m1/s1. The maximum Gasteiger partial charge on any atom is 0.427 e. The molecule has 61 heavy (non-hydrogen) atoms. The van der Waals surface area contributed by atoms with E-state index in [9.17, 15) is 40.8 Å². The van der Waals surface area contributed by atoms with Crippen LogP contribution < -0.4 is 35.1 Å². The monoisotopic (exact) mass is 880 g/mol. The number of hydrazine groups is 1. The van der Waals surface area contributed by atoms with E-state index in [-0.39, 0.29) is 37.1 Å². The number of carbonyl (C=O) groups is 4. The molecule has 0 spiro atoms. The molecule has 1 saturated heterocycles. The van der Waals surface area contributed by atoms with Gasteiger partial charge >= 0.3 is 12.3 Å². The highest BCUT2D eigenvalue weighted by Gasteiger charge is 2.63. The van der Waals surface area contributed by atoms with Gasteiger partial charge in [-0.05, 0) is 94.7 Å². The van der Waals surface area contributed by atoms with Gasteiger partial charge in [0, 0.05) is 23.8 Å². The third kappa shape index (κ3) is 9.64. The summed E-state index contributed by atoms with van der Waals surface area (Å²) >= 11 is 0. The van der Waals surface area contributed by atoms with Crippen molar-refractivity contribution in [2.24, 2.45) is 17.8 Å². The minimum Gasteiger partial charge on any atom is -0.497 e. The predicted octanol–water partition coefficient (Wildman–Crippen LogP) is 4.82. The molecule has 6 rings (SSSR count). The van der Waals surface area contributed by atoms with Crippen molar-refractivity contribution in [3.05, 3.63) is 36.4 Å². The van der Waals surface area contributed by atoms with E-state index >= 15 is 0 Å². The Morgan fingerprint density at radius 2 is 1.80 bits per heavy atom. The summed E-state index contributed by atoms with van der Waals surface area (Å²) in [6.45, 7) is 6.54. The summed E-state index contributed by atoms with van der Waals surface area (Å²) in [6.07, 6.45) is -0.791. The maximum atomic E-state index is 15.0. The number of rotatable bonds is 11. The molecule has 2 aliphatic heterocycles. The molecule has 4 amide bonds. The predicted molar refractivity (Wildman–Crippen MR) is 216 cm³/mol. The molecule has 7 atom stereocenters. The van der Waals surface area contributed by atoms with Gasteiger partial charge < -0.3 is 29.2 Å². The van der Waals surface area contributed by atoms with Crippen molar-refractivity contribution in [2.45, 2.75) is 126 Å². The molecule has 20 heteroatoms. The van der Waals surface area contributed by atoms with Crippen LogP contribution in [0.3, 0.4) is 0 Å². The Balaban J connectivity index is 1.36. The van der Waals surface area contributed by atoms with E-state index in [4.69, 9.17) is 18.9 Å². The number of nitrogens with zero attached hydrogens (tertiary/aromatic N) is 2. The molecular formula is C41H55F3N6O10S. The van der Waals surface area contributed by atoms with Crippen LogP contribution in [0.4, 0.5) is 18.0 Å². The summed E-state index contributed by atoms with van der Waals surface area (Å²) < 4.78 is 90.4. The van der Waals surface area contributed by atoms with Crippen LogP contribution in [0.15, 0.2) is 36.4 Å². The Hall–Kier alpha value is -4.85. The molecule has 0 radical (unpaired) electrons. The molecule has 16 nitrogen and oxygen atoms in total. The lowest BCUT2D eigenvalue weighted by atomic mass is 9.85. The number of pyridine rings is 1. The number of sulfonamides is 1. The van der Waals surface area contributed by atoms with E-state index in [1.54, 1.807) is 37.3 Å². The van der Waals surface area contributed by atoms with E-state index in [1.807, 2.05) is 19.9 Å². The first-order chi connectivity index (χ1) is 28.6. The number of hydrogen-bond acceptors (Lipinski definition) is 12. The summed E-state index contributed by atoms with van der Waals surface area (Å²) in [5, 5.41) is 4.06. The number of hydrogen-bond donors (Lipinski definition) is 4. The number of methoxy groups -OCH3 is 2. The Labute approximate surface area is 353 Å². The minimum absolute atomic E-state index is 0.000819. The Morgan fingerprint density at radius 3 is 2.44 bits per heavy atom. The van der Waals surface area contributed by atoms with Gasteiger partial charge in [0.05, 0.1) is 25.5 Å². The van der Waals surface area contributed by atoms with Crippen LogP contribution in [0.5, 0.6) is 17.5 Å². The number of fused-ring (bicyclic) bond motifs is 3. The summed E-state index contributed by atoms with van der Waals surface area (Å²) in [4.78, 5) is 62.2. The molecule has 4 aliphatic rings. The zero-order valence-corrected chi connectivity index (χ0v) is 36.1. The topological polar surface area (TPSA) is 204 Å². The number of allylic oxidation sites excluding steroid dienone is 1.